The van der Waals surface area contributed by atoms with Crippen molar-refractivity contribution in [2.75, 3.05) is 13.6 Å². The third-order valence-electron chi connectivity index (χ3n) is 3.49. The summed E-state index contributed by atoms with van der Waals surface area (Å²) in [5, 5.41) is 0. The van der Waals surface area contributed by atoms with Gasteiger partial charge in [-0.15, -0.1) is 0 Å². The predicted octanol–water partition coefficient (Wildman–Crippen LogP) is 1.12. The van der Waals surface area contributed by atoms with Crippen LogP contribution in [0.15, 0.2) is 39.6 Å². The molecule has 1 aromatic heterocycles. The van der Waals surface area contributed by atoms with Crippen LogP contribution in [0.5, 0.6) is 0 Å². The molecule has 2 amide bonds. The van der Waals surface area contributed by atoms with Crippen molar-refractivity contribution in [3.8, 4) is 0 Å². The van der Waals surface area contributed by atoms with Gasteiger partial charge in [-0.05, 0) is 44.2 Å². The van der Waals surface area contributed by atoms with Gasteiger partial charge in [0.05, 0.1) is 17.0 Å². The number of likely N-dealkylation sites (N-methyl/N-ethyl adjacent to an activating group) is 1. The Morgan fingerprint density at radius 3 is 2.31 bits per heavy atom. The summed E-state index contributed by atoms with van der Waals surface area (Å²) in [6, 6.07) is 5.74. The number of halogens is 1. The minimum atomic E-state index is -3.97. The number of hydrogen-bond acceptors (Lipinski definition) is 5. The van der Waals surface area contributed by atoms with Gasteiger partial charge in [0.2, 0.25) is 10.0 Å². The maximum absolute atomic E-state index is 12.9. The highest BCUT2D eigenvalue weighted by Crippen LogP contribution is 2.15. The number of benzene rings is 1. The lowest BCUT2D eigenvalue weighted by molar-refractivity contribution is -0.121. The Morgan fingerprint density at radius 2 is 1.77 bits per heavy atom. The molecule has 0 spiro atoms. The molecule has 0 radical (unpaired) electrons. The van der Waals surface area contributed by atoms with E-state index in [0.717, 1.165) is 28.6 Å². The normalized spacial score (nSPS) is 11.4. The van der Waals surface area contributed by atoms with Crippen LogP contribution in [-0.4, -0.2) is 38.1 Å². The molecular weight excluding hydrogens is 365 g/mol. The minimum absolute atomic E-state index is 0.150. The number of carbonyl (C=O) groups excluding carboxylic acids is 2. The van der Waals surface area contributed by atoms with Crippen LogP contribution < -0.4 is 10.9 Å². The summed E-state index contributed by atoms with van der Waals surface area (Å²) in [5.41, 5.74) is 4.58. The van der Waals surface area contributed by atoms with Gasteiger partial charge in [0, 0.05) is 7.05 Å². The molecule has 2 rings (SSSR count). The van der Waals surface area contributed by atoms with Crippen molar-refractivity contribution in [3.63, 3.8) is 0 Å². The number of aryl methyl sites for hydroxylation is 2. The quantitative estimate of drug-likeness (QED) is 0.752. The number of nitrogens with one attached hydrogen (secondary N) is 2. The standard InChI is InChI=1S/C16H18FN3O5S/c1-10-8-14(11(2)25-10)16(22)19-18-15(21)9-20(3)26(23,24)13-6-4-12(17)5-7-13/h4-8H,9H2,1-3H3,(H,18,21)(H,19,22). The Morgan fingerprint density at radius 1 is 1.15 bits per heavy atom. The van der Waals surface area contributed by atoms with Crippen LogP contribution in [0.1, 0.15) is 21.9 Å². The molecule has 2 N–H and O–H groups in total. The minimum Gasteiger partial charge on any atom is -0.466 e. The number of furan rings is 1. The monoisotopic (exact) mass is 383 g/mol. The molecule has 0 atom stereocenters. The van der Waals surface area contributed by atoms with E-state index in [1.165, 1.54) is 13.1 Å². The molecule has 0 saturated carbocycles. The van der Waals surface area contributed by atoms with Gasteiger partial charge >= 0.3 is 0 Å². The zero-order chi connectivity index (χ0) is 19.5. The first-order chi connectivity index (χ1) is 12.1. The largest absolute Gasteiger partial charge is 0.466 e. The number of hydrogen-bond donors (Lipinski definition) is 2. The van der Waals surface area contributed by atoms with Gasteiger partial charge in [0.15, 0.2) is 0 Å². The fraction of sp³-hybridized carbons (Fsp3) is 0.250. The number of nitrogens with zero attached hydrogens (tertiary/aromatic N) is 1. The molecule has 0 aliphatic rings. The smallest absolute Gasteiger partial charge is 0.273 e. The van der Waals surface area contributed by atoms with Crippen molar-refractivity contribution in [1.29, 1.82) is 0 Å². The lowest BCUT2D eigenvalue weighted by atomic mass is 10.2. The van der Waals surface area contributed by atoms with Crippen LogP contribution in [0.4, 0.5) is 4.39 Å². The van der Waals surface area contributed by atoms with Gasteiger partial charge in [-0.25, -0.2) is 12.8 Å². The van der Waals surface area contributed by atoms with Gasteiger partial charge in [-0.1, -0.05) is 0 Å². The summed E-state index contributed by atoms with van der Waals surface area (Å²) in [6.45, 7) is 2.74. The molecule has 0 bridgehead atoms. The Bertz CT molecular complexity index is 922. The van der Waals surface area contributed by atoms with E-state index in [1.54, 1.807) is 13.8 Å². The molecule has 140 valence electrons. The van der Waals surface area contributed by atoms with E-state index in [2.05, 4.69) is 10.9 Å². The lowest BCUT2D eigenvalue weighted by Gasteiger charge is -2.17. The van der Waals surface area contributed by atoms with Gasteiger partial charge in [0.25, 0.3) is 11.8 Å². The Labute approximate surface area is 150 Å². The summed E-state index contributed by atoms with van der Waals surface area (Å²) in [4.78, 5) is 23.7. The fourth-order valence-corrected chi connectivity index (χ4v) is 3.29. The Kier molecular flexibility index (Phi) is 5.78. The lowest BCUT2D eigenvalue weighted by Crippen LogP contribution is -2.46. The van der Waals surface area contributed by atoms with Crippen molar-refractivity contribution in [3.05, 3.63) is 53.2 Å². The van der Waals surface area contributed by atoms with Crippen molar-refractivity contribution in [1.82, 2.24) is 15.2 Å². The van der Waals surface area contributed by atoms with Crippen molar-refractivity contribution < 1.29 is 26.8 Å². The topological polar surface area (TPSA) is 109 Å². The Balaban J connectivity index is 1.95. The molecule has 0 fully saturated rings. The third kappa shape index (κ3) is 4.46. The fourth-order valence-electron chi connectivity index (χ4n) is 2.16. The highest BCUT2D eigenvalue weighted by Gasteiger charge is 2.23. The first kappa shape index (κ1) is 19.6. The summed E-state index contributed by atoms with van der Waals surface area (Å²) >= 11 is 0. The van der Waals surface area contributed by atoms with Gasteiger partial charge < -0.3 is 4.42 Å². The van der Waals surface area contributed by atoms with E-state index >= 15 is 0 Å². The molecule has 8 nitrogen and oxygen atoms in total. The summed E-state index contributed by atoms with van der Waals surface area (Å²) < 4.78 is 43.5. The molecule has 0 unspecified atom stereocenters. The molecule has 1 aromatic carbocycles. The highest BCUT2D eigenvalue weighted by molar-refractivity contribution is 7.89. The van der Waals surface area contributed by atoms with Crippen LogP contribution in [-0.2, 0) is 14.8 Å². The zero-order valence-corrected chi connectivity index (χ0v) is 15.2. The molecule has 0 aliphatic heterocycles. The number of carbonyl (C=O) groups is 2. The third-order valence-corrected chi connectivity index (χ3v) is 5.31. The summed E-state index contributed by atoms with van der Waals surface area (Å²) in [6.07, 6.45) is 0. The average molecular weight is 383 g/mol. The van der Waals surface area contributed by atoms with E-state index in [4.69, 9.17) is 4.42 Å². The van der Waals surface area contributed by atoms with Crippen molar-refractivity contribution in [2.45, 2.75) is 18.7 Å². The van der Waals surface area contributed by atoms with Crippen LogP contribution in [0.2, 0.25) is 0 Å². The summed E-state index contributed by atoms with van der Waals surface area (Å²) in [7, 11) is -2.77. The summed E-state index contributed by atoms with van der Waals surface area (Å²) in [5.74, 6) is -0.965. The zero-order valence-electron chi connectivity index (χ0n) is 14.4. The molecule has 10 heteroatoms. The first-order valence-corrected chi connectivity index (χ1v) is 8.93. The SMILES string of the molecule is Cc1cc(C(=O)NNC(=O)CN(C)S(=O)(=O)c2ccc(F)cc2)c(C)o1. The van der Waals surface area contributed by atoms with E-state index < -0.39 is 34.2 Å². The van der Waals surface area contributed by atoms with Crippen molar-refractivity contribution >= 4 is 21.8 Å². The van der Waals surface area contributed by atoms with E-state index in [9.17, 15) is 22.4 Å². The second kappa shape index (κ2) is 7.67. The first-order valence-electron chi connectivity index (χ1n) is 7.49. The average Bonchev–Trinajstić information content (AvgIpc) is 2.91. The van der Waals surface area contributed by atoms with Crippen LogP contribution >= 0.6 is 0 Å². The van der Waals surface area contributed by atoms with Gasteiger partial charge in [0.1, 0.15) is 17.3 Å². The molecule has 26 heavy (non-hydrogen) atoms. The molecular formula is C16H18FN3O5S. The number of sulfonamides is 1. The number of amides is 2. The maximum atomic E-state index is 12.9. The van der Waals surface area contributed by atoms with E-state index in [-0.39, 0.29) is 10.5 Å². The second-order valence-corrected chi connectivity index (χ2v) is 7.59. The van der Waals surface area contributed by atoms with E-state index in [1.807, 2.05) is 0 Å². The molecule has 2 aromatic rings. The van der Waals surface area contributed by atoms with Crippen LogP contribution in [0, 0.1) is 19.7 Å². The van der Waals surface area contributed by atoms with Gasteiger partial charge in [-0.2, -0.15) is 4.31 Å². The number of rotatable bonds is 5. The predicted molar refractivity (Wildman–Crippen MR) is 90.0 cm³/mol. The van der Waals surface area contributed by atoms with E-state index in [0.29, 0.717) is 11.5 Å². The van der Waals surface area contributed by atoms with Crippen LogP contribution in [0.3, 0.4) is 0 Å². The second-order valence-electron chi connectivity index (χ2n) is 5.54. The van der Waals surface area contributed by atoms with Gasteiger partial charge in [-0.3, -0.25) is 20.4 Å². The maximum Gasteiger partial charge on any atom is 0.273 e. The van der Waals surface area contributed by atoms with Crippen molar-refractivity contribution in [2.24, 2.45) is 0 Å². The molecule has 0 aliphatic carbocycles. The Hall–Kier alpha value is -2.72. The van der Waals surface area contributed by atoms with Crippen LogP contribution in [0.25, 0.3) is 0 Å². The molecule has 0 saturated heterocycles. The number of hydrazine groups is 1. The highest BCUT2D eigenvalue weighted by atomic mass is 32.2. The molecule has 1 heterocycles.